The van der Waals surface area contributed by atoms with E-state index >= 15 is 0 Å². The lowest BCUT2D eigenvalue weighted by atomic mass is 10.2. The van der Waals surface area contributed by atoms with Crippen LogP contribution in [0.25, 0.3) is 17.0 Å². The van der Waals surface area contributed by atoms with Gasteiger partial charge < -0.3 is 0 Å². The third-order valence-corrected chi connectivity index (χ3v) is 3.12. The van der Waals surface area contributed by atoms with Gasteiger partial charge in [-0.1, -0.05) is 28.1 Å². The van der Waals surface area contributed by atoms with E-state index in [-0.39, 0.29) is 0 Å². The molecule has 0 saturated heterocycles. The van der Waals surface area contributed by atoms with E-state index in [0.29, 0.717) is 11.2 Å². The predicted molar refractivity (Wildman–Crippen MR) is 70.8 cm³/mol. The molecule has 0 aliphatic heterocycles. The van der Waals surface area contributed by atoms with Crippen LogP contribution in [0.15, 0.2) is 47.1 Å². The van der Waals surface area contributed by atoms with Gasteiger partial charge in [0.25, 0.3) is 0 Å². The largest absolute Gasteiger partial charge is 0.282 e. The van der Waals surface area contributed by atoms with E-state index in [0.717, 1.165) is 15.9 Å². The van der Waals surface area contributed by atoms with E-state index in [2.05, 4.69) is 32.2 Å². The summed E-state index contributed by atoms with van der Waals surface area (Å²) in [7, 11) is 0. The highest BCUT2D eigenvalue weighted by molar-refractivity contribution is 9.10. The zero-order valence-corrected chi connectivity index (χ0v) is 10.8. The van der Waals surface area contributed by atoms with Gasteiger partial charge in [0.05, 0.1) is 11.6 Å². The van der Waals surface area contributed by atoms with Gasteiger partial charge in [-0.3, -0.25) is 4.40 Å². The van der Waals surface area contributed by atoms with Crippen molar-refractivity contribution in [3.8, 4) is 17.5 Å². The lowest BCUT2D eigenvalue weighted by molar-refractivity contribution is 1.11. The van der Waals surface area contributed by atoms with Crippen molar-refractivity contribution in [2.75, 3.05) is 0 Å². The van der Waals surface area contributed by atoms with Gasteiger partial charge in [0.1, 0.15) is 0 Å². The Morgan fingerprint density at radius 2 is 2.06 bits per heavy atom. The second-order valence-electron chi connectivity index (χ2n) is 3.79. The maximum atomic E-state index is 8.84. The number of rotatable bonds is 1. The van der Waals surface area contributed by atoms with Crippen LogP contribution in [0.2, 0.25) is 0 Å². The lowest BCUT2D eigenvalue weighted by Crippen LogP contribution is -1.89. The number of benzene rings is 1. The molecule has 0 fully saturated rings. The standard InChI is InChI=1S/C13H7BrN4/c14-11-3-1-2-10(7-11)13-17-16-12-6-9(8-15)4-5-18(12)13/h1-7H. The van der Waals surface area contributed by atoms with E-state index in [1.165, 1.54) is 0 Å². The van der Waals surface area contributed by atoms with Crippen molar-refractivity contribution in [1.29, 1.82) is 5.26 Å². The van der Waals surface area contributed by atoms with Crippen LogP contribution in [0.3, 0.4) is 0 Å². The van der Waals surface area contributed by atoms with Crippen LogP contribution in [0.5, 0.6) is 0 Å². The minimum absolute atomic E-state index is 0.579. The van der Waals surface area contributed by atoms with Crippen LogP contribution in [-0.4, -0.2) is 14.6 Å². The number of hydrogen-bond acceptors (Lipinski definition) is 3. The first kappa shape index (κ1) is 10.9. The first-order valence-electron chi connectivity index (χ1n) is 5.29. The molecule has 2 heterocycles. The molecule has 0 bridgehead atoms. The molecule has 0 atom stereocenters. The Kier molecular flexibility index (Phi) is 2.58. The molecule has 18 heavy (non-hydrogen) atoms. The highest BCUT2D eigenvalue weighted by atomic mass is 79.9. The molecule has 86 valence electrons. The highest BCUT2D eigenvalue weighted by Gasteiger charge is 2.08. The van der Waals surface area contributed by atoms with Crippen molar-refractivity contribution < 1.29 is 0 Å². The summed E-state index contributed by atoms with van der Waals surface area (Å²) in [5, 5.41) is 17.1. The zero-order chi connectivity index (χ0) is 12.5. The molecule has 0 amide bonds. The molecule has 2 aromatic heterocycles. The van der Waals surface area contributed by atoms with Crippen LogP contribution in [0.1, 0.15) is 5.56 Å². The van der Waals surface area contributed by atoms with Gasteiger partial charge in [0.2, 0.25) is 0 Å². The van der Waals surface area contributed by atoms with Gasteiger partial charge in [-0.2, -0.15) is 5.26 Å². The van der Waals surface area contributed by atoms with Gasteiger partial charge >= 0.3 is 0 Å². The second kappa shape index (κ2) is 4.24. The molecule has 0 radical (unpaired) electrons. The molecule has 5 heteroatoms. The average molecular weight is 299 g/mol. The fourth-order valence-electron chi connectivity index (χ4n) is 1.78. The summed E-state index contributed by atoms with van der Waals surface area (Å²) in [5.74, 6) is 0.760. The Balaban J connectivity index is 2.22. The number of aromatic nitrogens is 3. The summed E-state index contributed by atoms with van der Waals surface area (Å²) in [6.07, 6.45) is 1.81. The van der Waals surface area contributed by atoms with Crippen molar-refractivity contribution in [1.82, 2.24) is 14.6 Å². The van der Waals surface area contributed by atoms with E-state index in [4.69, 9.17) is 5.26 Å². The van der Waals surface area contributed by atoms with Crippen molar-refractivity contribution in [3.63, 3.8) is 0 Å². The Morgan fingerprint density at radius 1 is 1.17 bits per heavy atom. The maximum Gasteiger partial charge on any atom is 0.168 e. The molecule has 0 aliphatic carbocycles. The Bertz CT molecular complexity index is 770. The molecule has 0 saturated carbocycles. The van der Waals surface area contributed by atoms with Gasteiger partial charge in [-0.25, -0.2) is 0 Å². The normalized spacial score (nSPS) is 10.4. The monoisotopic (exact) mass is 298 g/mol. The molecule has 3 aromatic rings. The highest BCUT2D eigenvalue weighted by Crippen LogP contribution is 2.22. The number of fused-ring (bicyclic) bond motifs is 1. The van der Waals surface area contributed by atoms with Crippen LogP contribution >= 0.6 is 15.9 Å². The Morgan fingerprint density at radius 3 is 2.83 bits per heavy atom. The van der Waals surface area contributed by atoms with Crippen LogP contribution in [0.4, 0.5) is 0 Å². The summed E-state index contributed by atoms with van der Waals surface area (Å²) in [6, 6.07) is 13.4. The molecule has 1 aromatic carbocycles. The molecule has 0 aliphatic rings. The minimum Gasteiger partial charge on any atom is -0.282 e. The number of nitriles is 1. The van der Waals surface area contributed by atoms with Crippen LogP contribution in [-0.2, 0) is 0 Å². The van der Waals surface area contributed by atoms with Crippen molar-refractivity contribution in [2.45, 2.75) is 0 Å². The summed E-state index contributed by atoms with van der Waals surface area (Å²) >= 11 is 3.43. The topological polar surface area (TPSA) is 54.0 Å². The second-order valence-corrected chi connectivity index (χ2v) is 4.71. The Labute approximate surface area is 112 Å². The van der Waals surface area contributed by atoms with Crippen molar-refractivity contribution >= 4 is 21.6 Å². The van der Waals surface area contributed by atoms with Crippen molar-refractivity contribution in [2.24, 2.45) is 0 Å². The van der Waals surface area contributed by atoms with E-state index in [1.54, 1.807) is 12.1 Å². The molecule has 3 rings (SSSR count). The number of hydrogen-bond donors (Lipinski definition) is 0. The van der Waals surface area contributed by atoms with E-state index in [9.17, 15) is 0 Å². The summed E-state index contributed by atoms with van der Waals surface area (Å²) in [6.45, 7) is 0. The fraction of sp³-hybridized carbons (Fsp3) is 0. The molecular weight excluding hydrogens is 292 g/mol. The van der Waals surface area contributed by atoms with E-state index < -0.39 is 0 Å². The number of halogens is 1. The summed E-state index contributed by atoms with van der Waals surface area (Å²) in [5.41, 5.74) is 2.22. The summed E-state index contributed by atoms with van der Waals surface area (Å²) < 4.78 is 2.85. The molecule has 0 spiro atoms. The maximum absolute atomic E-state index is 8.84. The SMILES string of the molecule is N#Cc1ccn2c(-c3cccc(Br)c3)nnc2c1. The molecular formula is C13H7BrN4. The first-order chi connectivity index (χ1) is 8.78. The van der Waals surface area contributed by atoms with Gasteiger partial charge in [-0.15, -0.1) is 10.2 Å². The third kappa shape index (κ3) is 1.77. The predicted octanol–water partition coefficient (Wildman–Crippen LogP) is 3.03. The van der Waals surface area contributed by atoms with Crippen LogP contribution in [0, 0.1) is 11.3 Å². The van der Waals surface area contributed by atoms with Gasteiger partial charge in [-0.05, 0) is 18.2 Å². The Hall–Kier alpha value is -2.19. The minimum atomic E-state index is 0.579. The van der Waals surface area contributed by atoms with Gasteiger partial charge in [0, 0.05) is 22.3 Å². The van der Waals surface area contributed by atoms with Crippen LogP contribution < -0.4 is 0 Å². The number of pyridine rings is 1. The van der Waals surface area contributed by atoms with E-state index in [1.807, 2.05) is 34.9 Å². The molecule has 4 nitrogen and oxygen atoms in total. The third-order valence-electron chi connectivity index (χ3n) is 2.62. The lowest BCUT2D eigenvalue weighted by Gasteiger charge is -2.00. The fourth-order valence-corrected chi connectivity index (χ4v) is 2.18. The molecule has 0 unspecified atom stereocenters. The van der Waals surface area contributed by atoms with Gasteiger partial charge in [0.15, 0.2) is 11.5 Å². The summed E-state index contributed by atoms with van der Waals surface area (Å²) in [4.78, 5) is 0. The smallest absolute Gasteiger partial charge is 0.168 e. The zero-order valence-electron chi connectivity index (χ0n) is 9.21. The molecule has 0 N–H and O–H groups in total. The van der Waals surface area contributed by atoms with Crippen molar-refractivity contribution in [3.05, 3.63) is 52.6 Å². The first-order valence-corrected chi connectivity index (χ1v) is 6.08. The average Bonchev–Trinajstić information content (AvgIpc) is 2.81. The number of nitrogens with zero attached hydrogens (tertiary/aromatic N) is 4. The quantitative estimate of drug-likeness (QED) is 0.694.